The predicted octanol–water partition coefficient (Wildman–Crippen LogP) is 3.65. The van der Waals surface area contributed by atoms with Crippen molar-refractivity contribution in [3.8, 4) is 11.5 Å². The zero-order valence-corrected chi connectivity index (χ0v) is 16.7. The lowest BCUT2D eigenvalue weighted by molar-refractivity contribution is -0.385. The Labute approximate surface area is 170 Å². The number of methoxy groups -OCH3 is 1. The van der Waals surface area contributed by atoms with E-state index in [1.165, 1.54) is 30.6 Å². The standard InChI is InChI=1S/C20H19N3O5S/c1-3-28-18-12-16(23(25)26)15(11-17(18)27-2)19(24)21-20-22(9-10-29-20)13-14-7-5-4-6-8-14/h4-12H,3,13H2,1-2H3. The molecular weight excluding hydrogens is 394 g/mol. The van der Waals surface area contributed by atoms with Crippen molar-refractivity contribution < 1.29 is 19.2 Å². The summed E-state index contributed by atoms with van der Waals surface area (Å²) in [5.74, 6) is -0.282. The highest BCUT2D eigenvalue weighted by atomic mass is 32.1. The summed E-state index contributed by atoms with van der Waals surface area (Å²) in [7, 11) is 1.40. The Kier molecular flexibility index (Phi) is 6.40. The maximum Gasteiger partial charge on any atom is 0.286 e. The van der Waals surface area contributed by atoms with Gasteiger partial charge in [-0.3, -0.25) is 14.9 Å². The average Bonchev–Trinajstić information content (AvgIpc) is 3.15. The zero-order valence-electron chi connectivity index (χ0n) is 15.9. The predicted molar refractivity (Wildman–Crippen MR) is 109 cm³/mol. The molecule has 2 aromatic carbocycles. The summed E-state index contributed by atoms with van der Waals surface area (Å²) in [5, 5.41) is 13.3. The number of thiazole rings is 1. The zero-order chi connectivity index (χ0) is 20.8. The van der Waals surface area contributed by atoms with E-state index in [0.29, 0.717) is 18.0 Å². The number of aromatic nitrogens is 1. The van der Waals surface area contributed by atoms with E-state index in [4.69, 9.17) is 9.47 Å². The molecule has 0 aliphatic rings. The highest BCUT2D eigenvalue weighted by molar-refractivity contribution is 7.07. The van der Waals surface area contributed by atoms with E-state index in [2.05, 4.69) is 4.99 Å². The minimum atomic E-state index is -0.720. The molecule has 0 aliphatic carbocycles. The van der Waals surface area contributed by atoms with E-state index in [-0.39, 0.29) is 22.7 Å². The smallest absolute Gasteiger partial charge is 0.286 e. The molecule has 0 fully saturated rings. The Bertz CT molecular complexity index is 1090. The average molecular weight is 413 g/mol. The second kappa shape index (κ2) is 9.16. The number of rotatable bonds is 7. The second-order valence-corrected chi connectivity index (χ2v) is 6.80. The number of carbonyl (C=O) groups is 1. The molecule has 3 rings (SSSR count). The summed E-state index contributed by atoms with van der Waals surface area (Å²) in [6, 6.07) is 12.2. The molecule has 0 aliphatic heterocycles. The van der Waals surface area contributed by atoms with Crippen LogP contribution in [0, 0.1) is 10.1 Å². The van der Waals surface area contributed by atoms with Gasteiger partial charge < -0.3 is 14.0 Å². The summed E-state index contributed by atoms with van der Waals surface area (Å²) in [4.78, 5) is 28.2. The van der Waals surface area contributed by atoms with E-state index < -0.39 is 10.8 Å². The van der Waals surface area contributed by atoms with Gasteiger partial charge in [0.15, 0.2) is 16.3 Å². The van der Waals surface area contributed by atoms with Crippen LogP contribution in [-0.2, 0) is 6.54 Å². The number of hydrogen-bond acceptors (Lipinski definition) is 6. The molecule has 0 N–H and O–H groups in total. The normalized spacial score (nSPS) is 11.3. The summed E-state index contributed by atoms with van der Waals surface area (Å²) in [6.07, 6.45) is 1.82. The molecule has 0 saturated carbocycles. The Hall–Kier alpha value is -3.46. The van der Waals surface area contributed by atoms with E-state index in [1.54, 1.807) is 6.92 Å². The van der Waals surface area contributed by atoms with E-state index >= 15 is 0 Å². The molecule has 0 spiro atoms. The first-order valence-electron chi connectivity index (χ1n) is 8.79. The maximum absolute atomic E-state index is 12.8. The summed E-state index contributed by atoms with van der Waals surface area (Å²) >= 11 is 1.28. The SMILES string of the molecule is CCOc1cc([N+](=O)[O-])c(C(=O)N=c2sccn2Cc2ccccc2)cc1OC. The van der Waals surface area contributed by atoms with Gasteiger partial charge in [-0.2, -0.15) is 4.99 Å². The number of nitro benzene ring substituents is 1. The summed E-state index contributed by atoms with van der Waals surface area (Å²) in [5.41, 5.74) is 0.512. The first kappa shape index (κ1) is 20.3. The van der Waals surface area contributed by atoms with Crippen molar-refractivity contribution in [3.05, 3.63) is 80.1 Å². The fraction of sp³-hybridized carbons (Fsp3) is 0.200. The van der Waals surface area contributed by atoms with Gasteiger partial charge in [-0.05, 0) is 12.5 Å². The minimum absolute atomic E-state index is 0.157. The van der Waals surface area contributed by atoms with Crippen LogP contribution in [0.3, 0.4) is 0 Å². The van der Waals surface area contributed by atoms with E-state index in [0.717, 1.165) is 5.56 Å². The largest absolute Gasteiger partial charge is 0.493 e. The van der Waals surface area contributed by atoms with Gasteiger partial charge in [0.25, 0.3) is 11.6 Å². The van der Waals surface area contributed by atoms with Gasteiger partial charge in [0, 0.05) is 24.2 Å². The first-order valence-corrected chi connectivity index (χ1v) is 9.67. The van der Waals surface area contributed by atoms with Crippen LogP contribution < -0.4 is 14.3 Å². The molecule has 9 heteroatoms. The van der Waals surface area contributed by atoms with Crippen LogP contribution in [0.15, 0.2) is 59.0 Å². The van der Waals surface area contributed by atoms with Crippen molar-refractivity contribution in [1.29, 1.82) is 0 Å². The van der Waals surface area contributed by atoms with Gasteiger partial charge in [-0.25, -0.2) is 0 Å². The third-order valence-corrected chi connectivity index (χ3v) is 4.86. The van der Waals surface area contributed by atoms with Crippen LogP contribution in [0.4, 0.5) is 5.69 Å². The molecule has 150 valence electrons. The number of hydrogen-bond donors (Lipinski definition) is 0. The second-order valence-electron chi connectivity index (χ2n) is 5.93. The topological polar surface area (TPSA) is 96.0 Å². The molecule has 1 amide bonds. The molecular formula is C20H19N3O5S. The lowest BCUT2D eigenvalue weighted by atomic mass is 10.1. The summed E-state index contributed by atoms with van der Waals surface area (Å²) in [6.45, 7) is 2.59. The van der Waals surface area contributed by atoms with E-state index in [1.807, 2.05) is 46.5 Å². The van der Waals surface area contributed by atoms with Gasteiger partial charge in [-0.15, -0.1) is 11.3 Å². The molecule has 0 atom stereocenters. The quantitative estimate of drug-likeness (QED) is 0.435. The Morgan fingerprint density at radius 1 is 1.24 bits per heavy atom. The van der Waals surface area contributed by atoms with Crippen molar-refractivity contribution in [3.63, 3.8) is 0 Å². The van der Waals surface area contributed by atoms with Gasteiger partial charge in [0.1, 0.15) is 5.56 Å². The van der Waals surface area contributed by atoms with Gasteiger partial charge in [-0.1, -0.05) is 30.3 Å². The van der Waals surface area contributed by atoms with E-state index in [9.17, 15) is 14.9 Å². The highest BCUT2D eigenvalue weighted by Crippen LogP contribution is 2.35. The van der Waals surface area contributed by atoms with Gasteiger partial charge in [0.2, 0.25) is 0 Å². The Balaban J connectivity index is 2.01. The van der Waals surface area contributed by atoms with Crippen LogP contribution in [0.5, 0.6) is 11.5 Å². The van der Waals surface area contributed by atoms with Crippen LogP contribution >= 0.6 is 11.3 Å². The van der Waals surface area contributed by atoms with Crippen LogP contribution in [0.25, 0.3) is 0 Å². The van der Waals surface area contributed by atoms with Crippen LogP contribution in [0.2, 0.25) is 0 Å². The Morgan fingerprint density at radius 3 is 2.66 bits per heavy atom. The van der Waals surface area contributed by atoms with Gasteiger partial charge >= 0.3 is 0 Å². The molecule has 1 heterocycles. The van der Waals surface area contributed by atoms with Crippen molar-refractivity contribution in [2.24, 2.45) is 4.99 Å². The Morgan fingerprint density at radius 2 is 2.00 bits per heavy atom. The van der Waals surface area contributed by atoms with Crippen molar-refractivity contribution in [1.82, 2.24) is 4.57 Å². The molecule has 3 aromatic rings. The third-order valence-electron chi connectivity index (χ3n) is 4.06. The van der Waals surface area contributed by atoms with Crippen molar-refractivity contribution >= 4 is 22.9 Å². The molecule has 1 aromatic heterocycles. The number of ether oxygens (including phenoxy) is 2. The van der Waals surface area contributed by atoms with Crippen LogP contribution in [-0.4, -0.2) is 29.1 Å². The number of nitrogens with zero attached hydrogens (tertiary/aromatic N) is 3. The number of amides is 1. The fourth-order valence-corrected chi connectivity index (χ4v) is 3.46. The molecule has 0 bridgehead atoms. The monoisotopic (exact) mass is 413 g/mol. The van der Waals surface area contributed by atoms with Gasteiger partial charge in [0.05, 0.1) is 24.7 Å². The van der Waals surface area contributed by atoms with Crippen molar-refractivity contribution in [2.45, 2.75) is 13.5 Å². The molecule has 8 nitrogen and oxygen atoms in total. The molecule has 0 unspecified atom stereocenters. The highest BCUT2D eigenvalue weighted by Gasteiger charge is 2.24. The minimum Gasteiger partial charge on any atom is -0.493 e. The lowest BCUT2D eigenvalue weighted by Gasteiger charge is -2.10. The number of benzene rings is 2. The van der Waals surface area contributed by atoms with Crippen molar-refractivity contribution in [2.75, 3.05) is 13.7 Å². The summed E-state index contributed by atoms with van der Waals surface area (Å²) < 4.78 is 12.4. The first-order chi connectivity index (χ1) is 14.0. The lowest BCUT2D eigenvalue weighted by Crippen LogP contribution is -2.17. The number of carbonyl (C=O) groups excluding carboxylic acids is 1. The molecule has 0 saturated heterocycles. The van der Waals surface area contributed by atoms with Crippen LogP contribution in [0.1, 0.15) is 22.8 Å². The molecule has 0 radical (unpaired) electrons. The fourth-order valence-electron chi connectivity index (χ4n) is 2.73. The third kappa shape index (κ3) is 4.69. The molecule has 29 heavy (non-hydrogen) atoms. The number of nitro groups is 1. The maximum atomic E-state index is 12.8.